The standard InChI is InChI=1S/C26H26F2N2O2/c1-15-13-18-14-22(31-3)26(32-4)24(28)23(18)25(29-16(15)2)17-9-11-19(12-10-17)30-21-8-6-5-7-20(21)27/h5-12,14-16,30H,13H2,1-4H3. The average molecular weight is 437 g/mol. The topological polar surface area (TPSA) is 42.9 Å². The van der Waals surface area contributed by atoms with Crippen molar-refractivity contribution in [3.63, 3.8) is 0 Å². The lowest BCUT2D eigenvalue weighted by molar-refractivity contribution is 0.336. The third-order valence-electron chi connectivity index (χ3n) is 5.94. The molecule has 4 nitrogen and oxygen atoms in total. The second-order valence-corrected chi connectivity index (χ2v) is 8.04. The summed E-state index contributed by atoms with van der Waals surface area (Å²) in [6.45, 7) is 4.15. The number of fused-ring (bicyclic) bond motifs is 1. The highest BCUT2D eigenvalue weighted by atomic mass is 19.1. The van der Waals surface area contributed by atoms with Gasteiger partial charge in [0.05, 0.1) is 31.7 Å². The van der Waals surface area contributed by atoms with E-state index in [1.807, 2.05) is 37.3 Å². The molecule has 0 saturated heterocycles. The quantitative estimate of drug-likeness (QED) is 0.522. The molecule has 0 aliphatic carbocycles. The molecule has 32 heavy (non-hydrogen) atoms. The van der Waals surface area contributed by atoms with Gasteiger partial charge in [0.25, 0.3) is 0 Å². The first-order valence-corrected chi connectivity index (χ1v) is 10.6. The number of nitrogens with zero attached hydrogens (tertiary/aromatic N) is 1. The summed E-state index contributed by atoms with van der Waals surface area (Å²) in [7, 11) is 2.93. The molecule has 3 aromatic rings. The van der Waals surface area contributed by atoms with Gasteiger partial charge in [-0.2, -0.15) is 0 Å². The molecule has 0 radical (unpaired) electrons. The van der Waals surface area contributed by atoms with E-state index >= 15 is 4.39 Å². The third-order valence-corrected chi connectivity index (χ3v) is 5.94. The summed E-state index contributed by atoms with van der Waals surface area (Å²) >= 11 is 0. The van der Waals surface area contributed by atoms with Crippen molar-refractivity contribution in [1.82, 2.24) is 0 Å². The van der Waals surface area contributed by atoms with Gasteiger partial charge in [0, 0.05) is 16.8 Å². The molecule has 0 bridgehead atoms. The van der Waals surface area contributed by atoms with Crippen molar-refractivity contribution in [2.45, 2.75) is 26.3 Å². The molecule has 0 spiro atoms. The van der Waals surface area contributed by atoms with Crippen LogP contribution in [0.2, 0.25) is 0 Å². The number of halogens is 2. The average Bonchev–Trinajstić information content (AvgIpc) is 2.91. The molecule has 3 aromatic carbocycles. The molecule has 1 aliphatic heterocycles. The SMILES string of the molecule is COc1cc2c(c(F)c1OC)C(c1ccc(Nc3ccccc3F)cc1)=NC(C)C(C)C2. The number of methoxy groups -OCH3 is 2. The fourth-order valence-electron chi connectivity index (χ4n) is 3.98. The van der Waals surface area contributed by atoms with Crippen molar-refractivity contribution in [3.05, 3.63) is 82.9 Å². The Morgan fingerprint density at radius 1 is 0.969 bits per heavy atom. The molecule has 6 heteroatoms. The van der Waals surface area contributed by atoms with Crippen LogP contribution in [0.5, 0.6) is 11.5 Å². The zero-order valence-corrected chi connectivity index (χ0v) is 18.6. The smallest absolute Gasteiger partial charge is 0.197 e. The Bertz CT molecular complexity index is 1160. The number of rotatable bonds is 5. The number of hydrogen-bond acceptors (Lipinski definition) is 4. The molecular formula is C26H26F2N2O2. The van der Waals surface area contributed by atoms with E-state index in [0.29, 0.717) is 29.1 Å². The van der Waals surface area contributed by atoms with Crippen LogP contribution in [0.25, 0.3) is 0 Å². The van der Waals surface area contributed by atoms with Crippen LogP contribution in [0, 0.1) is 17.6 Å². The zero-order chi connectivity index (χ0) is 22.8. The summed E-state index contributed by atoms with van der Waals surface area (Å²) in [6, 6.07) is 15.7. The summed E-state index contributed by atoms with van der Waals surface area (Å²) in [5.41, 5.74) is 3.74. The van der Waals surface area contributed by atoms with Gasteiger partial charge >= 0.3 is 0 Å². The molecule has 1 aliphatic rings. The second-order valence-electron chi connectivity index (χ2n) is 8.04. The molecule has 0 fully saturated rings. The van der Waals surface area contributed by atoms with E-state index in [-0.39, 0.29) is 23.5 Å². The highest BCUT2D eigenvalue weighted by Gasteiger charge is 2.29. The number of para-hydroxylation sites is 1. The highest BCUT2D eigenvalue weighted by molar-refractivity contribution is 6.14. The first kappa shape index (κ1) is 21.8. The van der Waals surface area contributed by atoms with Crippen molar-refractivity contribution >= 4 is 17.1 Å². The lowest BCUT2D eigenvalue weighted by Gasteiger charge is -2.17. The molecule has 0 amide bonds. The Labute approximate surface area is 186 Å². The predicted molar refractivity (Wildman–Crippen MR) is 124 cm³/mol. The maximum absolute atomic E-state index is 15.6. The van der Waals surface area contributed by atoms with E-state index in [2.05, 4.69) is 12.2 Å². The van der Waals surface area contributed by atoms with E-state index in [4.69, 9.17) is 14.5 Å². The minimum atomic E-state index is -0.476. The van der Waals surface area contributed by atoms with Crippen molar-refractivity contribution < 1.29 is 18.3 Å². The Kier molecular flexibility index (Phi) is 6.12. The van der Waals surface area contributed by atoms with Crippen molar-refractivity contribution in [2.24, 2.45) is 10.9 Å². The van der Waals surface area contributed by atoms with Crippen LogP contribution in [0.1, 0.15) is 30.5 Å². The largest absolute Gasteiger partial charge is 0.493 e. The second kappa shape index (κ2) is 8.99. The third kappa shape index (κ3) is 4.05. The molecule has 2 atom stereocenters. The van der Waals surface area contributed by atoms with Crippen LogP contribution < -0.4 is 14.8 Å². The molecule has 2 unspecified atom stereocenters. The Balaban J connectivity index is 1.78. The number of ether oxygens (including phenoxy) is 2. The van der Waals surface area contributed by atoms with Gasteiger partial charge in [-0.1, -0.05) is 31.2 Å². The molecule has 166 valence electrons. The van der Waals surface area contributed by atoms with Gasteiger partial charge in [0.15, 0.2) is 17.3 Å². The van der Waals surface area contributed by atoms with Crippen molar-refractivity contribution in [2.75, 3.05) is 19.5 Å². The van der Waals surface area contributed by atoms with Gasteiger partial charge in [-0.3, -0.25) is 4.99 Å². The fourth-order valence-corrected chi connectivity index (χ4v) is 3.98. The van der Waals surface area contributed by atoms with Crippen LogP contribution in [0.4, 0.5) is 20.2 Å². The van der Waals surface area contributed by atoms with E-state index in [0.717, 1.165) is 16.8 Å². The number of nitrogens with one attached hydrogen (secondary N) is 1. The first-order valence-electron chi connectivity index (χ1n) is 10.6. The summed E-state index contributed by atoms with van der Waals surface area (Å²) in [5.74, 6) is -0.140. The Hall–Kier alpha value is -3.41. The number of benzene rings is 3. The predicted octanol–water partition coefficient (Wildman–Crippen LogP) is 6.14. The van der Waals surface area contributed by atoms with Gasteiger partial charge in [-0.15, -0.1) is 0 Å². The van der Waals surface area contributed by atoms with E-state index in [9.17, 15) is 4.39 Å². The summed E-state index contributed by atoms with van der Waals surface area (Å²) in [6.07, 6.45) is 0.674. The maximum Gasteiger partial charge on any atom is 0.197 e. The van der Waals surface area contributed by atoms with Crippen LogP contribution >= 0.6 is 0 Å². The molecule has 0 saturated carbocycles. The monoisotopic (exact) mass is 436 g/mol. The Morgan fingerprint density at radius 3 is 2.34 bits per heavy atom. The van der Waals surface area contributed by atoms with Crippen molar-refractivity contribution in [3.8, 4) is 11.5 Å². The van der Waals surface area contributed by atoms with E-state index < -0.39 is 5.82 Å². The van der Waals surface area contributed by atoms with Gasteiger partial charge < -0.3 is 14.8 Å². The zero-order valence-electron chi connectivity index (χ0n) is 18.6. The molecule has 1 heterocycles. The number of hydrogen-bond donors (Lipinski definition) is 1. The summed E-state index contributed by atoms with van der Waals surface area (Å²) in [5, 5.41) is 3.07. The van der Waals surface area contributed by atoms with Gasteiger partial charge in [-0.05, 0) is 55.2 Å². The molecule has 4 rings (SSSR count). The molecule has 1 N–H and O–H groups in total. The molecule has 0 aromatic heterocycles. The minimum Gasteiger partial charge on any atom is -0.493 e. The number of aliphatic imine (C=N–C) groups is 1. The minimum absolute atomic E-state index is 0.00464. The Morgan fingerprint density at radius 2 is 1.69 bits per heavy atom. The molecular weight excluding hydrogens is 410 g/mol. The summed E-state index contributed by atoms with van der Waals surface area (Å²) < 4.78 is 40.3. The normalized spacial score (nSPS) is 17.8. The van der Waals surface area contributed by atoms with Crippen LogP contribution in [-0.4, -0.2) is 26.0 Å². The van der Waals surface area contributed by atoms with Gasteiger partial charge in [0.1, 0.15) is 5.82 Å². The lowest BCUT2D eigenvalue weighted by atomic mass is 9.91. The van der Waals surface area contributed by atoms with Crippen molar-refractivity contribution in [1.29, 1.82) is 0 Å². The number of anilines is 2. The van der Waals surface area contributed by atoms with E-state index in [1.54, 1.807) is 18.2 Å². The summed E-state index contributed by atoms with van der Waals surface area (Å²) in [4.78, 5) is 4.89. The van der Waals surface area contributed by atoms with Gasteiger partial charge in [0.2, 0.25) is 0 Å². The lowest BCUT2D eigenvalue weighted by Crippen LogP contribution is -2.13. The maximum atomic E-state index is 15.6. The fraction of sp³-hybridized carbons (Fsp3) is 0.269. The van der Waals surface area contributed by atoms with Crippen LogP contribution in [-0.2, 0) is 6.42 Å². The van der Waals surface area contributed by atoms with Gasteiger partial charge in [-0.25, -0.2) is 8.78 Å². The highest BCUT2D eigenvalue weighted by Crippen LogP contribution is 2.39. The van der Waals surface area contributed by atoms with E-state index in [1.165, 1.54) is 20.3 Å². The van der Waals surface area contributed by atoms with Crippen LogP contribution in [0.3, 0.4) is 0 Å². The first-order chi connectivity index (χ1) is 15.4. The van der Waals surface area contributed by atoms with Crippen LogP contribution in [0.15, 0.2) is 59.6 Å².